The Morgan fingerprint density at radius 2 is 1.75 bits per heavy atom. The Hall–Kier alpha value is -2.36. The van der Waals surface area contributed by atoms with E-state index in [1.807, 2.05) is 72.1 Å². The Morgan fingerprint density at radius 1 is 1.04 bits per heavy atom. The summed E-state index contributed by atoms with van der Waals surface area (Å²) in [5, 5.41) is 9.56. The van der Waals surface area contributed by atoms with Crippen LogP contribution >= 0.6 is 11.3 Å². The summed E-state index contributed by atoms with van der Waals surface area (Å²) < 4.78 is 33.9. The number of hydrogen-bond donors (Lipinski definition) is 1. The molecular formula is C19H23N4O3S2+. The third-order valence-corrected chi connectivity index (χ3v) is 6.09. The van der Waals surface area contributed by atoms with Gasteiger partial charge in [-0.25, -0.2) is 4.57 Å². The standard InChI is InChI=1S/C19H22N4O3S2/c1-22(2)16-11-9-15(10-12-16)20-21-19-23(13-5-6-14-28(24,25)26)17-7-3-4-8-18(17)27-19/h3-4,7-12H,5-6,13-14H2,1-2H3/p+1. The normalized spacial score (nSPS) is 12.1. The first-order valence-corrected chi connectivity index (χ1v) is 11.3. The molecule has 3 rings (SSSR count). The second-order valence-electron chi connectivity index (χ2n) is 6.61. The maximum absolute atomic E-state index is 10.9. The Bertz CT molecular complexity index is 1070. The van der Waals surface area contributed by atoms with Crippen LogP contribution in [-0.2, 0) is 16.7 Å². The lowest BCUT2D eigenvalue weighted by Gasteiger charge is -2.11. The van der Waals surface area contributed by atoms with Crippen molar-refractivity contribution >= 4 is 48.2 Å². The number of unbranched alkanes of at least 4 members (excludes halogenated alkanes) is 1. The fourth-order valence-electron chi connectivity index (χ4n) is 2.79. The van der Waals surface area contributed by atoms with E-state index in [1.165, 1.54) is 0 Å². The van der Waals surface area contributed by atoms with Crippen LogP contribution in [0.3, 0.4) is 0 Å². The fourth-order valence-corrected chi connectivity index (χ4v) is 4.36. The number of fused-ring (bicyclic) bond motifs is 1. The molecule has 3 aromatic rings. The number of nitrogens with zero attached hydrogens (tertiary/aromatic N) is 4. The van der Waals surface area contributed by atoms with E-state index in [0.29, 0.717) is 19.4 Å². The molecule has 0 amide bonds. The van der Waals surface area contributed by atoms with E-state index in [-0.39, 0.29) is 5.75 Å². The number of para-hydroxylation sites is 1. The molecule has 0 atom stereocenters. The lowest BCUT2D eigenvalue weighted by Crippen LogP contribution is -2.32. The Kier molecular flexibility index (Phi) is 6.38. The summed E-state index contributed by atoms with van der Waals surface area (Å²) in [7, 11) is 0.0437. The van der Waals surface area contributed by atoms with E-state index >= 15 is 0 Å². The van der Waals surface area contributed by atoms with Gasteiger partial charge >= 0.3 is 5.13 Å². The molecule has 1 N–H and O–H groups in total. The molecule has 0 fully saturated rings. The van der Waals surface area contributed by atoms with Gasteiger partial charge < -0.3 is 4.90 Å². The van der Waals surface area contributed by atoms with Crippen LogP contribution in [0.4, 0.5) is 16.5 Å². The molecule has 0 spiro atoms. The van der Waals surface area contributed by atoms with Gasteiger partial charge in [-0.1, -0.05) is 12.1 Å². The van der Waals surface area contributed by atoms with Crippen molar-refractivity contribution in [2.75, 3.05) is 24.7 Å². The van der Waals surface area contributed by atoms with Gasteiger partial charge in [-0.05, 0) is 65.7 Å². The van der Waals surface area contributed by atoms with Gasteiger partial charge in [0.25, 0.3) is 10.1 Å². The number of aryl methyl sites for hydroxylation is 1. The molecule has 0 aliphatic rings. The van der Waals surface area contributed by atoms with Gasteiger partial charge in [0.15, 0.2) is 0 Å². The van der Waals surface area contributed by atoms with Crippen molar-refractivity contribution in [2.24, 2.45) is 10.2 Å². The van der Waals surface area contributed by atoms with Crippen LogP contribution < -0.4 is 9.47 Å². The maximum atomic E-state index is 10.9. The molecule has 28 heavy (non-hydrogen) atoms. The minimum Gasteiger partial charge on any atom is -0.378 e. The molecule has 0 bridgehead atoms. The second kappa shape index (κ2) is 8.76. The lowest BCUT2D eigenvalue weighted by atomic mass is 10.3. The van der Waals surface area contributed by atoms with Gasteiger partial charge in [-0.15, -0.1) is 0 Å². The minimum atomic E-state index is -3.93. The SMILES string of the molecule is CN(C)c1ccc(N=Nc2sc3ccccc3[n+]2CCCCS(=O)(=O)O)cc1. The van der Waals surface area contributed by atoms with Gasteiger partial charge in [-0.3, -0.25) is 4.55 Å². The predicted molar refractivity (Wildman–Crippen MR) is 113 cm³/mol. The van der Waals surface area contributed by atoms with E-state index < -0.39 is 10.1 Å². The van der Waals surface area contributed by atoms with Gasteiger partial charge in [-0.2, -0.15) is 8.42 Å². The van der Waals surface area contributed by atoms with Crippen molar-refractivity contribution in [3.63, 3.8) is 0 Å². The average Bonchev–Trinajstić information content (AvgIpc) is 3.01. The smallest absolute Gasteiger partial charge is 0.378 e. The summed E-state index contributed by atoms with van der Waals surface area (Å²) in [6.07, 6.45) is 1.00. The molecule has 9 heteroatoms. The monoisotopic (exact) mass is 419 g/mol. The van der Waals surface area contributed by atoms with Crippen molar-refractivity contribution in [1.29, 1.82) is 0 Å². The number of aromatic nitrogens is 1. The molecule has 0 unspecified atom stereocenters. The first-order chi connectivity index (χ1) is 13.3. The fraction of sp³-hybridized carbons (Fsp3) is 0.316. The topological polar surface area (TPSA) is 86.2 Å². The summed E-state index contributed by atoms with van der Waals surface area (Å²) in [4.78, 5) is 2.02. The quantitative estimate of drug-likeness (QED) is 0.255. The van der Waals surface area contributed by atoms with Crippen LogP contribution in [0.1, 0.15) is 12.8 Å². The minimum absolute atomic E-state index is 0.231. The molecule has 1 heterocycles. The first kappa shape index (κ1) is 20.4. The van der Waals surface area contributed by atoms with Gasteiger partial charge in [0, 0.05) is 19.8 Å². The van der Waals surface area contributed by atoms with Crippen molar-refractivity contribution < 1.29 is 17.5 Å². The molecule has 148 valence electrons. The summed E-state index contributed by atoms with van der Waals surface area (Å²) in [6, 6.07) is 15.8. The number of rotatable bonds is 8. The van der Waals surface area contributed by atoms with Crippen LogP contribution in [0.25, 0.3) is 10.2 Å². The number of benzene rings is 2. The number of thiazole rings is 1. The third kappa shape index (κ3) is 5.34. The van der Waals surface area contributed by atoms with Crippen molar-refractivity contribution in [1.82, 2.24) is 0 Å². The van der Waals surface area contributed by atoms with E-state index in [9.17, 15) is 8.42 Å². The molecular weight excluding hydrogens is 396 g/mol. The van der Waals surface area contributed by atoms with Crippen LogP contribution in [-0.4, -0.2) is 32.8 Å². The highest BCUT2D eigenvalue weighted by molar-refractivity contribution is 7.85. The van der Waals surface area contributed by atoms with E-state index in [4.69, 9.17) is 4.55 Å². The van der Waals surface area contributed by atoms with Crippen LogP contribution in [0.2, 0.25) is 0 Å². The van der Waals surface area contributed by atoms with E-state index in [0.717, 1.165) is 26.7 Å². The highest BCUT2D eigenvalue weighted by Gasteiger charge is 2.19. The summed E-state index contributed by atoms with van der Waals surface area (Å²) in [5.41, 5.74) is 2.90. The second-order valence-corrected chi connectivity index (χ2v) is 9.19. The third-order valence-electron chi connectivity index (χ3n) is 4.24. The summed E-state index contributed by atoms with van der Waals surface area (Å²) in [5.74, 6) is -0.231. The highest BCUT2D eigenvalue weighted by Crippen LogP contribution is 2.28. The van der Waals surface area contributed by atoms with Crippen molar-refractivity contribution in [2.45, 2.75) is 19.4 Å². The number of hydrogen-bond acceptors (Lipinski definition) is 6. The Labute approximate surface area is 168 Å². The van der Waals surface area contributed by atoms with Crippen molar-refractivity contribution in [3.05, 3.63) is 48.5 Å². The van der Waals surface area contributed by atoms with Crippen molar-refractivity contribution in [3.8, 4) is 0 Å². The van der Waals surface area contributed by atoms with Crippen LogP contribution in [0, 0.1) is 0 Å². The number of azo groups is 1. The maximum Gasteiger partial charge on any atom is 0.409 e. The molecule has 7 nitrogen and oxygen atoms in total. The Balaban J connectivity index is 1.81. The predicted octanol–water partition coefficient (Wildman–Crippen LogP) is 4.34. The summed E-state index contributed by atoms with van der Waals surface area (Å²) in [6.45, 7) is 0.605. The Morgan fingerprint density at radius 3 is 2.43 bits per heavy atom. The van der Waals surface area contributed by atoms with Gasteiger partial charge in [0.1, 0.15) is 11.2 Å². The van der Waals surface area contributed by atoms with E-state index in [2.05, 4.69) is 10.2 Å². The van der Waals surface area contributed by atoms with Gasteiger partial charge in [0.05, 0.1) is 22.1 Å². The first-order valence-electron chi connectivity index (χ1n) is 8.89. The lowest BCUT2D eigenvalue weighted by molar-refractivity contribution is -0.655. The molecule has 1 aromatic heterocycles. The highest BCUT2D eigenvalue weighted by atomic mass is 32.2. The molecule has 0 aliphatic carbocycles. The molecule has 2 aromatic carbocycles. The molecule has 0 radical (unpaired) electrons. The molecule has 0 saturated heterocycles. The van der Waals surface area contributed by atoms with Gasteiger partial charge in [0.2, 0.25) is 0 Å². The zero-order valence-corrected chi connectivity index (χ0v) is 17.4. The largest absolute Gasteiger partial charge is 0.409 e. The van der Waals surface area contributed by atoms with Crippen LogP contribution in [0.5, 0.6) is 0 Å². The van der Waals surface area contributed by atoms with Crippen LogP contribution in [0.15, 0.2) is 58.8 Å². The number of anilines is 1. The molecule has 0 aliphatic heterocycles. The average molecular weight is 420 g/mol. The van der Waals surface area contributed by atoms with E-state index in [1.54, 1.807) is 11.3 Å². The molecule has 0 saturated carbocycles. The zero-order chi connectivity index (χ0) is 20.1. The zero-order valence-electron chi connectivity index (χ0n) is 15.8. The summed E-state index contributed by atoms with van der Waals surface area (Å²) >= 11 is 1.54.